The largest absolute Gasteiger partial charge is 0.381 e. The van der Waals surface area contributed by atoms with Gasteiger partial charge in [-0.05, 0) is 31.4 Å². The molecule has 1 aliphatic carbocycles. The summed E-state index contributed by atoms with van der Waals surface area (Å²) in [5.41, 5.74) is 0.847. The Kier molecular flexibility index (Phi) is 3.92. The summed E-state index contributed by atoms with van der Waals surface area (Å²) in [6.07, 6.45) is 5.07. The number of benzene rings is 1. The van der Waals surface area contributed by atoms with Crippen LogP contribution in [0.15, 0.2) is 35.3 Å². The molecule has 1 aromatic carbocycles. The molecule has 1 saturated carbocycles. The zero-order chi connectivity index (χ0) is 14.8. The van der Waals surface area contributed by atoms with E-state index in [2.05, 4.69) is 10.4 Å². The molecule has 110 valence electrons. The molecule has 1 fully saturated rings. The normalized spacial score (nSPS) is 14.8. The minimum Gasteiger partial charge on any atom is -0.381 e. The molecule has 1 aliphatic rings. The van der Waals surface area contributed by atoms with Crippen molar-refractivity contribution in [3.8, 4) is 0 Å². The van der Waals surface area contributed by atoms with Crippen LogP contribution in [0.5, 0.6) is 0 Å². The summed E-state index contributed by atoms with van der Waals surface area (Å²) in [7, 11) is 0. The lowest BCUT2D eigenvalue weighted by molar-refractivity contribution is 0.445. The highest BCUT2D eigenvalue weighted by Gasteiger charge is 2.17. The van der Waals surface area contributed by atoms with E-state index in [1.54, 1.807) is 18.3 Å². The van der Waals surface area contributed by atoms with Gasteiger partial charge in [0.25, 0.3) is 5.56 Å². The summed E-state index contributed by atoms with van der Waals surface area (Å²) in [4.78, 5) is 12.0. The highest BCUT2D eigenvalue weighted by molar-refractivity contribution is 6.30. The first-order valence-electron chi connectivity index (χ1n) is 6.89. The van der Waals surface area contributed by atoms with E-state index in [9.17, 15) is 9.18 Å². The Morgan fingerprint density at radius 2 is 2.19 bits per heavy atom. The Hall–Kier alpha value is -1.88. The maximum atomic E-state index is 13.7. The van der Waals surface area contributed by atoms with Crippen molar-refractivity contribution in [2.24, 2.45) is 0 Å². The van der Waals surface area contributed by atoms with Gasteiger partial charge in [0, 0.05) is 22.7 Å². The van der Waals surface area contributed by atoms with Gasteiger partial charge in [-0.15, -0.1) is 0 Å². The van der Waals surface area contributed by atoms with Crippen LogP contribution in [-0.4, -0.2) is 15.8 Å². The Balaban J connectivity index is 1.77. The van der Waals surface area contributed by atoms with Crippen LogP contribution in [0.3, 0.4) is 0 Å². The summed E-state index contributed by atoms with van der Waals surface area (Å²) >= 11 is 5.71. The SMILES string of the molecule is O=c1cc(NC2CCC2)cnn1Cc1ccc(Cl)cc1F. The van der Waals surface area contributed by atoms with E-state index in [0.29, 0.717) is 16.6 Å². The Bertz CT molecular complexity index is 712. The van der Waals surface area contributed by atoms with Crippen LogP contribution in [-0.2, 0) is 6.54 Å². The number of rotatable bonds is 4. The molecule has 3 rings (SSSR count). The molecular formula is C15H15ClFN3O. The molecule has 4 nitrogen and oxygen atoms in total. The van der Waals surface area contributed by atoms with Gasteiger partial charge in [0.15, 0.2) is 0 Å². The van der Waals surface area contributed by atoms with E-state index in [1.165, 1.54) is 23.2 Å². The second-order valence-corrected chi connectivity index (χ2v) is 5.68. The Morgan fingerprint density at radius 1 is 1.38 bits per heavy atom. The molecule has 0 amide bonds. The average molecular weight is 308 g/mol. The standard InChI is InChI=1S/C15H15ClFN3O/c16-11-5-4-10(14(17)6-11)9-20-15(21)7-13(8-18-20)19-12-2-1-3-12/h4-8,12,19H,1-3,9H2. The van der Waals surface area contributed by atoms with Crippen molar-refractivity contribution in [2.75, 3.05) is 5.32 Å². The Labute approximate surface area is 126 Å². The summed E-state index contributed by atoms with van der Waals surface area (Å²) in [6.45, 7) is 0.0888. The van der Waals surface area contributed by atoms with E-state index in [4.69, 9.17) is 11.6 Å². The van der Waals surface area contributed by atoms with E-state index in [0.717, 1.165) is 18.5 Å². The number of hydrogen-bond donors (Lipinski definition) is 1. The fourth-order valence-corrected chi connectivity index (χ4v) is 2.39. The van der Waals surface area contributed by atoms with Crippen molar-refractivity contribution in [3.05, 3.63) is 57.2 Å². The van der Waals surface area contributed by atoms with Gasteiger partial charge < -0.3 is 5.32 Å². The molecule has 0 radical (unpaired) electrons. The van der Waals surface area contributed by atoms with Gasteiger partial charge in [0.05, 0.1) is 18.4 Å². The van der Waals surface area contributed by atoms with Gasteiger partial charge in [0.2, 0.25) is 0 Å². The molecule has 0 saturated heterocycles. The predicted molar refractivity (Wildman–Crippen MR) is 80.3 cm³/mol. The summed E-state index contributed by atoms with van der Waals surface area (Å²) in [5.74, 6) is -0.437. The van der Waals surface area contributed by atoms with E-state index >= 15 is 0 Å². The second-order valence-electron chi connectivity index (χ2n) is 5.25. The fourth-order valence-electron chi connectivity index (χ4n) is 2.23. The van der Waals surface area contributed by atoms with Crippen LogP contribution in [0.2, 0.25) is 5.02 Å². The summed E-state index contributed by atoms with van der Waals surface area (Å²) in [6, 6.07) is 6.33. The third-order valence-electron chi connectivity index (χ3n) is 3.68. The maximum Gasteiger partial charge on any atom is 0.269 e. The van der Waals surface area contributed by atoms with Gasteiger partial charge in [-0.2, -0.15) is 5.10 Å². The molecule has 0 unspecified atom stereocenters. The van der Waals surface area contributed by atoms with Crippen LogP contribution in [0.1, 0.15) is 24.8 Å². The molecule has 0 spiro atoms. The monoisotopic (exact) mass is 307 g/mol. The third kappa shape index (κ3) is 3.24. The molecular weight excluding hydrogens is 293 g/mol. The van der Waals surface area contributed by atoms with E-state index in [1.807, 2.05) is 0 Å². The number of halogens is 2. The van der Waals surface area contributed by atoms with Gasteiger partial charge in [-0.25, -0.2) is 9.07 Å². The molecule has 0 bridgehead atoms. The fraction of sp³-hybridized carbons (Fsp3) is 0.333. The second kappa shape index (κ2) is 5.85. The van der Waals surface area contributed by atoms with Crippen LogP contribution >= 0.6 is 11.6 Å². The summed E-state index contributed by atoms with van der Waals surface area (Å²) in [5, 5.41) is 7.68. The lowest BCUT2D eigenvalue weighted by atomic mass is 9.93. The third-order valence-corrected chi connectivity index (χ3v) is 3.92. The molecule has 0 atom stereocenters. The molecule has 0 aliphatic heterocycles. The zero-order valence-electron chi connectivity index (χ0n) is 11.4. The van der Waals surface area contributed by atoms with Crippen molar-refractivity contribution < 1.29 is 4.39 Å². The first-order valence-corrected chi connectivity index (χ1v) is 7.27. The van der Waals surface area contributed by atoms with Crippen LogP contribution < -0.4 is 10.9 Å². The summed E-state index contributed by atoms with van der Waals surface area (Å²) < 4.78 is 15.0. The lowest BCUT2D eigenvalue weighted by Crippen LogP contribution is -2.29. The molecule has 1 aromatic heterocycles. The van der Waals surface area contributed by atoms with Crippen molar-refractivity contribution in [3.63, 3.8) is 0 Å². The minimum atomic E-state index is -0.437. The molecule has 1 heterocycles. The average Bonchev–Trinajstić information content (AvgIpc) is 2.39. The number of nitrogens with zero attached hydrogens (tertiary/aromatic N) is 2. The smallest absolute Gasteiger partial charge is 0.269 e. The zero-order valence-corrected chi connectivity index (χ0v) is 12.1. The highest BCUT2D eigenvalue weighted by atomic mass is 35.5. The van der Waals surface area contributed by atoms with Crippen molar-refractivity contribution in [2.45, 2.75) is 31.8 Å². The number of hydrogen-bond acceptors (Lipinski definition) is 3. The highest BCUT2D eigenvalue weighted by Crippen LogP contribution is 2.22. The lowest BCUT2D eigenvalue weighted by Gasteiger charge is -2.27. The van der Waals surface area contributed by atoms with Gasteiger partial charge in [0.1, 0.15) is 5.82 Å². The van der Waals surface area contributed by atoms with E-state index in [-0.39, 0.29) is 12.1 Å². The first kappa shape index (κ1) is 14.1. The number of anilines is 1. The van der Waals surface area contributed by atoms with Crippen molar-refractivity contribution >= 4 is 17.3 Å². The Morgan fingerprint density at radius 3 is 2.81 bits per heavy atom. The van der Waals surface area contributed by atoms with Crippen LogP contribution in [0.25, 0.3) is 0 Å². The van der Waals surface area contributed by atoms with Crippen molar-refractivity contribution in [1.82, 2.24) is 9.78 Å². The van der Waals surface area contributed by atoms with Gasteiger partial charge in [-0.1, -0.05) is 17.7 Å². The minimum absolute atomic E-state index is 0.0888. The molecule has 21 heavy (non-hydrogen) atoms. The number of aromatic nitrogens is 2. The topological polar surface area (TPSA) is 46.9 Å². The molecule has 1 N–H and O–H groups in total. The predicted octanol–water partition coefficient (Wildman–Crippen LogP) is 3.05. The maximum absolute atomic E-state index is 13.7. The number of nitrogens with one attached hydrogen (secondary N) is 1. The van der Waals surface area contributed by atoms with Crippen LogP contribution in [0, 0.1) is 5.82 Å². The van der Waals surface area contributed by atoms with Crippen LogP contribution in [0.4, 0.5) is 10.1 Å². The van der Waals surface area contributed by atoms with Gasteiger partial charge in [-0.3, -0.25) is 4.79 Å². The van der Waals surface area contributed by atoms with Crippen molar-refractivity contribution in [1.29, 1.82) is 0 Å². The first-order chi connectivity index (χ1) is 10.1. The van der Waals surface area contributed by atoms with E-state index < -0.39 is 5.82 Å². The van der Waals surface area contributed by atoms with Gasteiger partial charge >= 0.3 is 0 Å². The molecule has 2 aromatic rings. The molecule has 6 heteroatoms. The quantitative estimate of drug-likeness (QED) is 0.944.